The highest BCUT2D eigenvalue weighted by Gasteiger charge is 2.31. The molecule has 7 heteroatoms. The minimum Gasteiger partial charge on any atom is -0.384 e. The SMILES string of the molecule is Cc1c(C#N)c(N)n(-c2cc(C(F)(F)F)ccc2Br)c1C. The first kappa shape index (κ1) is 15.4. The van der Waals surface area contributed by atoms with Gasteiger partial charge in [0.05, 0.1) is 16.8 Å². The number of anilines is 1. The van der Waals surface area contributed by atoms with Crippen molar-refractivity contribution in [2.75, 3.05) is 5.73 Å². The summed E-state index contributed by atoms with van der Waals surface area (Å²) in [6.45, 7) is 3.42. The van der Waals surface area contributed by atoms with E-state index in [1.165, 1.54) is 10.6 Å². The van der Waals surface area contributed by atoms with Crippen LogP contribution in [-0.4, -0.2) is 4.57 Å². The molecule has 0 aliphatic carbocycles. The van der Waals surface area contributed by atoms with Crippen LogP contribution in [0.5, 0.6) is 0 Å². The second-order valence-electron chi connectivity index (χ2n) is 4.58. The molecule has 2 rings (SSSR count). The fraction of sp³-hybridized carbons (Fsp3) is 0.214. The second-order valence-corrected chi connectivity index (χ2v) is 5.44. The normalized spacial score (nSPS) is 11.5. The van der Waals surface area contributed by atoms with E-state index in [9.17, 15) is 13.2 Å². The molecule has 1 aromatic carbocycles. The molecule has 0 atom stereocenters. The molecule has 21 heavy (non-hydrogen) atoms. The molecule has 1 heterocycles. The number of hydrogen-bond acceptors (Lipinski definition) is 2. The Kier molecular flexibility index (Phi) is 3.76. The summed E-state index contributed by atoms with van der Waals surface area (Å²) in [7, 11) is 0. The summed E-state index contributed by atoms with van der Waals surface area (Å²) >= 11 is 3.23. The monoisotopic (exact) mass is 357 g/mol. The summed E-state index contributed by atoms with van der Waals surface area (Å²) in [5, 5.41) is 9.10. The van der Waals surface area contributed by atoms with Crippen molar-refractivity contribution < 1.29 is 13.2 Å². The average molecular weight is 358 g/mol. The largest absolute Gasteiger partial charge is 0.416 e. The van der Waals surface area contributed by atoms with Gasteiger partial charge in [-0.05, 0) is 53.5 Å². The van der Waals surface area contributed by atoms with Crippen LogP contribution in [-0.2, 0) is 6.18 Å². The van der Waals surface area contributed by atoms with Gasteiger partial charge in [0.2, 0.25) is 0 Å². The maximum Gasteiger partial charge on any atom is 0.416 e. The molecule has 2 N–H and O–H groups in total. The van der Waals surface area contributed by atoms with Gasteiger partial charge in [-0.2, -0.15) is 18.4 Å². The topological polar surface area (TPSA) is 54.7 Å². The number of hydrogen-bond donors (Lipinski definition) is 1. The van der Waals surface area contributed by atoms with Crippen LogP contribution in [0.3, 0.4) is 0 Å². The molecule has 0 saturated heterocycles. The molecule has 0 fully saturated rings. The molecule has 0 spiro atoms. The fourth-order valence-corrected chi connectivity index (χ4v) is 2.57. The lowest BCUT2D eigenvalue weighted by Crippen LogP contribution is -2.08. The van der Waals surface area contributed by atoms with Gasteiger partial charge in [0, 0.05) is 10.2 Å². The summed E-state index contributed by atoms with van der Waals surface area (Å²) in [4.78, 5) is 0. The Bertz CT molecular complexity index is 754. The van der Waals surface area contributed by atoms with E-state index in [0.29, 0.717) is 15.7 Å². The number of benzene rings is 1. The number of halogens is 4. The number of aromatic nitrogens is 1. The summed E-state index contributed by atoms with van der Waals surface area (Å²) < 4.78 is 40.5. The van der Waals surface area contributed by atoms with Crippen molar-refractivity contribution in [1.82, 2.24) is 4.57 Å². The van der Waals surface area contributed by atoms with Crippen LogP contribution in [0, 0.1) is 25.2 Å². The fourth-order valence-electron chi connectivity index (χ4n) is 2.15. The molecule has 0 saturated carbocycles. The summed E-state index contributed by atoms with van der Waals surface area (Å²) in [5.41, 5.74) is 6.95. The van der Waals surface area contributed by atoms with Crippen LogP contribution in [0.2, 0.25) is 0 Å². The van der Waals surface area contributed by atoms with E-state index in [1.807, 2.05) is 6.07 Å². The molecule has 0 aliphatic heterocycles. The van der Waals surface area contributed by atoms with Crippen molar-refractivity contribution in [1.29, 1.82) is 5.26 Å². The minimum atomic E-state index is -4.45. The zero-order valence-corrected chi connectivity index (χ0v) is 12.8. The van der Waals surface area contributed by atoms with E-state index in [-0.39, 0.29) is 17.1 Å². The van der Waals surface area contributed by atoms with Crippen molar-refractivity contribution >= 4 is 21.7 Å². The van der Waals surface area contributed by atoms with Crippen molar-refractivity contribution in [3.8, 4) is 11.8 Å². The predicted molar refractivity (Wildman–Crippen MR) is 77.1 cm³/mol. The van der Waals surface area contributed by atoms with Crippen LogP contribution >= 0.6 is 15.9 Å². The van der Waals surface area contributed by atoms with Gasteiger partial charge in [0.15, 0.2) is 0 Å². The average Bonchev–Trinajstić information content (AvgIpc) is 2.60. The number of nitrogen functional groups attached to an aromatic ring is 1. The standard InChI is InChI=1S/C14H11BrF3N3/c1-7-8(2)21(13(20)10(7)6-19)12-5-9(14(16,17)18)3-4-11(12)15/h3-5H,20H2,1-2H3. The maximum atomic E-state index is 12.9. The number of nitriles is 1. The van der Waals surface area contributed by atoms with E-state index >= 15 is 0 Å². The zero-order chi connectivity index (χ0) is 15.9. The highest BCUT2D eigenvalue weighted by molar-refractivity contribution is 9.10. The Morgan fingerprint density at radius 3 is 2.38 bits per heavy atom. The van der Waals surface area contributed by atoms with Crippen molar-refractivity contribution in [3.63, 3.8) is 0 Å². The molecule has 2 aromatic rings. The van der Waals surface area contributed by atoms with Gasteiger partial charge in [-0.25, -0.2) is 0 Å². The van der Waals surface area contributed by atoms with Gasteiger partial charge in [0.25, 0.3) is 0 Å². The third-order valence-corrected chi connectivity index (χ3v) is 4.05. The molecule has 1 aromatic heterocycles. The number of alkyl halides is 3. The highest BCUT2D eigenvalue weighted by Crippen LogP contribution is 2.36. The van der Waals surface area contributed by atoms with E-state index in [0.717, 1.165) is 12.1 Å². The first-order valence-electron chi connectivity index (χ1n) is 5.93. The van der Waals surface area contributed by atoms with Crippen LogP contribution in [0.1, 0.15) is 22.4 Å². The van der Waals surface area contributed by atoms with E-state index in [2.05, 4.69) is 15.9 Å². The van der Waals surface area contributed by atoms with E-state index < -0.39 is 11.7 Å². The molecule has 0 unspecified atom stereocenters. The molecule has 3 nitrogen and oxygen atoms in total. The lowest BCUT2D eigenvalue weighted by molar-refractivity contribution is -0.137. The van der Waals surface area contributed by atoms with Gasteiger partial charge in [-0.3, -0.25) is 4.57 Å². The van der Waals surface area contributed by atoms with Gasteiger partial charge in [0.1, 0.15) is 11.9 Å². The smallest absolute Gasteiger partial charge is 0.384 e. The molecular weight excluding hydrogens is 347 g/mol. The summed E-state index contributed by atoms with van der Waals surface area (Å²) in [6.07, 6.45) is -4.45. The maximum absolute atomic E-state index is 12.9. The lowest BCUT2D eigenvalue weighted by atomic mass is 10.2. The Hall–Kier alpha value is -1.94. The Labute approximate surface area is 127 Å². The van der Waals surface area contributed by atoms with Crippen LogP contribution in [0.4, 0.5) is 19.0 Å². The highest BCUT2D eigenvalue weighted by atomic mass is 79.9. The molecule has 0 amide bonds. The second kappa shape index (κ2) is 5.11. The number of nitrogens with two attached hydrogens (primary N) is 1. The van der Waals surface area contributed by atoms with Crippen molar-refractivity contribution in [2.45, 2.75) is 20.0 Å². The van der Waals surface area contributed by atoms with Gasteiger partial charge in [-0.15, -0.1) is 0 Å². The third-order valence-electron chi connectivity index (χ3n) is 3.38. The van der Waals surface area contributed by atoms with Gasteiger partial charge < -0.3 is 5.73 Å². The Morgan fingerprint density at radius 1 is 1.29 bits per heavy atom. The van der Waals surface area contributed by atoms with Crippen LogP contribution in [0.15, 0.2) is 22.7 Å². The first-order chi connectivity index (χ1) is 9.68. The Morgan fingerprint density at radius 2 is 1.90 bits per heavy atom. The molecule has 0 bridgehead atoms. The Balaban J connectivity index is 2.77. The number of nitrogens with zero attached hydrogens (tertiary/aromatic N) is 2. The first-order valence-corrected chi connectivity index (χ1v) is 6.72. The van der Waals surface area contributed by atoms with Crippen LogP contribution < -0.4 is 5.73 Å². The van der Waals surface area contributed by atoms with E-state index in [4.69, 9.17) is 11.0 Å². The van der Waals surface area contributed by atoms with Gasteiger partial charge >= 0.3 is 6.18 Å². The quantitative estimate of drug-likeness (QED) is 0.825. The summed E-state index contributed by atoms with van der Waals surface area (Å²) in [5.74, 6) is 0.132. The van der Waals surface area contributed by atoms with Crippen molar-refractivity contribution in [3.05, 3.63) is 45.1 Å². The molecular formula is C14H11BrF3N3. The zero-order valence-electron chi connectivity index (χ0n) is 11.2. The number of rotatable bonds is 1. The van der Waals surface area contributed by atoms with Crippen molar-refractivity contribution in [2.24, 2.45) is 0 Å². The predicted octanol–water partition coefficient (Wildman–Crippen LogP) is 4.33. The van der Waals surface area contributed by atoms with Crippen LogP contribution in [0.25, 0.3) is 5.69 Å². The molecule has 110 valence electrons. The van der Waals surface area contributed by atoms with Gasteiger partial charge in [-0.1, -0.05) is 0 Å². The third kappa shape index (κ3) is 2.51. The minimum absolute atomic E-state index is 0.132. The summed E-state index contributed by atoms with van der Waals surface area (Å²) in [6, 6.07) is 5.29. The molecule has 0 radical (unpaired) electrons. The van der Waals surface area contributed by atoms with E-state index in [1.54, 1.807) is 13.8 Å². The molecule has 0 aliphatic rings. The lowest BCUT2D eigenvalue weighted by Gasteiger charge is -2.14.